The summed E-state index contributed by atoms with van der Waals surface area (Å²) in [6.45, 7) is 1.13. The second kappa shape index (κ2) is 5.89. The first-order valence-corrected chi connectivity index (χ1v) is 8.29. The second-order valence-electron chi connectivity index (χ2n) is 6.23. The van der Waals surface area contributed by atoms with Crippen LogP contribution in [0, 0.1) is 0 Å². The van der Waals surface area contributed by atoms with E-state index < -0.39 is 0 Å². The summed E-state index contributed by atoms with van der Waals surface area (Å²) in [5.41, 5.74) is 7.89. The average molecular weight is 336 g/mol. The predicted octanol–water partition coefficient (Wildman–Crippen LogP) is 2.40. The molecule has 0 fully saturated rings. The van der Waals surface area contributed by atoms with Crippen LogP contribution in [0.2, 0.25) is 0 Å². The molecule has 0 atom stereocenters. The van der Waals surface area contributed by atoms with Crippen molar-refractivity contribution in [3.8, 4) is 5.75 Å². The van der Waals surface area contributed by atoms with E-state index in [-0.39, 0.29) is 5.56 Å². The number of nitrogens with two attached hydrogens (primary N) is 1. The smallest absolute Gasteiger partial charge is 0.277 e. The van der Waals surface area contributed by atoms with Gasteiger partial charge < -0.3 is 19.6 Å². The van der Waals surface area contributed by atoms with Crippen molar-refractivity contribution >= 4 is 32.7 Å². The van der Waals surface area contributed by atoms with Crippen LogP contribution in [-0.4, -0.2) is 27.8 Å². The number of aromatic nitrogens is 3. The summed E-state index contributed by atoms with van der Waals surface area (Å²) in [6.07, 6.45) is 2.44. The summed E-state index contributed by atoms with van der Waals surface area (Å²) in [4.78, 5) is 17.5. The Morgan fingerprint density at radius 1 is 1.20 bits per heavy atom. The molecule has 0 aliphatic carbocycles. The Morgan fingerprint density at radius 3 is 2.80 bits per heavy atom. The molecule has 0 saturated heterocycles. The van der Waals surface area contributed by atoms with Gasteiger partial charge in [0.2, 0.25) is 0 Å². The zero-order valence-electron chi connectivity index (χ0n) is 14.3. The molecule has 2 heterocycles. The van der Waals surface area contributed by atoms with Crippen LogP contribution in [0.3, 0.4) is 0 Å². The number of aryl methyl sites for hydroxylation is 2. The van der Waals surface area contributed by atoms with Gasteiger partial charge in [-0.15, -0.1) is 0 Å². The van der Waals surface area contributed by atoms with Crippen LogP contribution in [-0.2, 0) is 13.6 Å². The summed E-state index contributed by atoms with van der Waals surface area (Å²) >= 11 is 0. The molecule has 0 unspecified atom stereocenters. The fraction of sp³-hybridized carbons (Fsp3) is 0.263. The van der Waals surface area contributed by atoms with Crippen LogP contribution in [0.15, 0.2) is 41.5 Å². The normalized spacial score (nSPS) is 11.6. The molecule has 0 amide bonds. The second-order valence-corrected chi connectivity index (χ2v) is 6.23. The highest BCUT2D eigenvalue weighted by atomic mass is 16.5. The molecule has 0 aliphatic heterocycles. The Kier molecular flexibility index (Phi) is 3.69. The Morgan fingerprint density at radius 2 is 2.04 bits per heavy atom. The van der Waals surface area contributed by atoms with Crippen molar-refractivity contribution in [3.05, 3.63) is 47.0 Å². The number of nitrogens with zero attached hydrogens (tertiary/aromatic N) is 3. The third kappa shape index (κ3) is 2.37. The minimum atomic E-state index is -0.0294. The van der Waals surface area contributed by atoms with Gasteiger partial charge in [-0.3, -0.25) is 4.79 Å². The van der Waals surface area contributed by atoms with Gasteiger partial charge in [-0.05, 0) is 48.0 Å². The average Bonchev–Trinajstić information content (AvgIpc) is 3.02. The Hall–Kier alpha value is -2.86. The van der Waals surface area contributed by atoms with Gasteiger partial charge >= 0.3 is 0 Å². The zero-order chi connectivity index (χ0) is 17.6. The zero-order valence-corrected chi connectivity index (χ0v) is 14.3. The molecule has 0 aliphatic rings. The van der Waals surface area contributed by atoms with Crippen molar-refractivity contribution < 1.29 is 4.74 Å². The van der Waals surface area contributed by atoms with Gasteiger partial charge in [-0.2, -0.15) is 0 Å². The monoisotopic (exact) mass is 336 g/mol. The number of methoxy groups -OCH3 is 1. The van der Waals surface area contributed by atoms with Gasteiger partial charge in [-0.25, -0.2) is 4.98 Å². The topological polar surface area (TPSA) is 75.1 Å². The number of hydrogen-bond donors (Lipinski definition) is 1. The standard InChI is InChI=1S/C19H20N4O2/c1-22-11-21-17-15-9-12-4-5-14(25-2)8-13(12)10-16(15)23(7-3-6-20)19(24)18(17)22/h4-5,8-11H,3,6-7,20H2,1-2H3. The maximum Gasteiger partial charge on any atom is 0.277 e. The third-order valence-corrected chi connectivity index (χ3v) is 4.68. The maximum absolute atomic E-state index is 13.0. The van der Waals surface area contributed by atoms with E-state index in [1.165, 1.54) is 0 Å². The molecule has 0 spiro atoms. The number of imidazole rings is 1. The van der Waals surface area contributed by atoms with E-state index in [2.05, 4.69) is 11.1 Å². The molecule has 128 valence electrons. The van der Waals surface area contributed by atoms with Gasteiger partial charge in [0.15, 0.2) is 0 Å². The number of ether oxygens (including phenoxy) is 1. The lowest BCUT2D eigenvalue weighted by molar-refractivity contribution is 0.415. The number of rotatable bonds is 4. The Labute approximate surface area is 144 Å². The summed E-state index contributed by atoms with van der Waals surface area (Å²) < 4.78 is 8.92. The maximum atomic E-state index is 13.0. The first-order chi connectivity index (χ1) is 12.1. The lowest BCUT2D eigenvalue weighted by Gasteiger charge is -2.13. The molecule has 2 N–H and O–H groups in total. The highest BCUT2D eigenvalue weighted by Gasteiger charge is 2.15. The van der Waals surface area contributed by atoms with E-state index in [9.17, 15) is 4.79 Å². The molecule has 0 bridgehead atoms. The highest BCUT2D eigenvalue weighted by molar-refractivity contribution is 6.08. The van der Waals surface area contributed by atoms with E-state index in [1.807, 2.05) is 35.9 Å². The van der Waals surface area contributed by atoms with Crippen molar-refractivity contribution in [3.63, 3.8) is 0 Å². The van der Waals surface area contributed by atoms with E-state index >= 15 is 0 Å². The minimum Gasteiger partial charge on any atom is -0.497 e. The van der Waals surface area contributed by atoms with Crippen molar-refractivity contribution in [2.75, 3.05) is 13.7 Å². The van der Waals surface area contributed by atoms with Crippen molar-refractivity contribution in [2.45, 2.75) is 13.0 Å². The molecular formula is C19H20N4O2. The van der Waals surface area contributed by atoms with Gasteiger partial charge in [0, 0.05) is 19.0 Å². The fourth-order valence-corrected chi connectivity index (χ4v) is 3.39. The van der Waals surface area contributed by atoms with Gasteiger partial charge in [-0.1, -0.05) is 6.07 Å². The van der Waals surface area contributed by atoms with E-state index in [0.717, 1.165) is 39.4 Å². The molecule has 4 rings (SSSR count). The van der Waals surface area contributed by atoms with Crippen LogP contribution >= 0.6 is 0 Å². The largest absolute Gasteiger partial charge is 0.497 e. The van der Waals surface area contributed by atoms with E-state index in [0.29, 0.717) is 18.6 Å². The molecule has 2 aromatic heterocycles. The molecule has 4 aromatic rings. The van der Waals surface area contributed by atoms with Gasteiger partial charge in [0.25, 0.3) is 5.56 Å². The van der Waals surface area contributed by atoms with E-state index in [1.54, 1.807) is 18.0 Å². The number of benzene rings is 2. The lowest BCUT2D eigenvalue weighted by atomic mass is 10.1. The fourth-order valence-electron chi connectivity index (χ4n) is 3.39. The minimum absolute atomic E-state index is 0.0294. The number of hydrogen-bond acceptors (Lipinski definition) is 4. The quantitative estimate of drug-likeness (QED) is 0.581. The van der Waals surface area contributed by atoms with E-state index in [4.69, 9.17) is 10.5 Å². The number of fused-ring (bicyclic) bond motifs is 4. The first-order valence-electron chi connectivity index (χ1n) is 8.29. The molecule has 25 heavy (non-hydrogen) atoms. The SMILES string of the molecule is COc1ccc2cc3c4ncn(C)c4c(=O)n(CCCN)c3cc2c1. The van der Waals surface area contributed by atoms with Crippen molar-refractivity contribution in [1.82, 2.24) is 14.1 Å². The molecule has 2 aromatic carbocycles. The van der Waals surface area contributed by atoms with Crippen molar-refractivity contribution in [1.29, 1.82) is 0 Å². The summed E-state index contributed by atoms with van der Waals surface area (Å²) in [6, 6.07) is 10.1. The van der Waals surface area contributed by atoms with Crippen LogP contribution in [0.5, 0.6) is 5.75 Å². The summed E-state index contributed by atoms with van der Waals surface area (Å²) in [7, 11) is 3.50. The van der Waals surface area contributed by atoms with Crippen LogP contribution < -0.4 is 16.0 Å². The molecule has 6 heteroatoms. The third-order valence-electron chi connectivity index (χ3n) is 4.68. The molecule has 0 saturated carbocycles. The van der Waals surface area contributed by atoms with Crippen LogP contribution in [0.25, 0.3) is 32.7 Å². The molecule has 6 nitrogen and oxygen atoms in total. The first kappa shape index (κ1) is 15.7. The predicted molar refractivity (Wildman–Crippen MR) is 100 cm³/mol. The van der Waals surface area contributed by atoms with Crippen molar-refractivity contribution in [2.24, 2.45) is 12.8 Å². The molecule has 0 radical (unpaired) electrons. The molecular weight excluding hydrogens is 316 g/mol. The summed E-state index contributed by atoms with van der Waals surface area (Å²) in [5, 5.41) is 3.09. The Balaban J connectivity index is 2.16. The van der Waals surface area contributed by atoms with Crippen LogP contribution in [0.4, 0.5) is 0 Å². The van der Waals surface area contributed by atoms with Gasteiger partial charge in [0.05, 0.1) is 19.0 Å². The summed E-state index contributed by atoms with van der Waals surface area (Å²) in [5.74, 6) is 0.793. The number of pyridine rings is 1. The van der Waals surface area contributed by atoms with Crippen LogP contribution in [0.1, 0.15) is 6.42 Å². The highest BCUT2D eigenvalue weighted by Crippen LogP contribution is 2.29. The Bertz CT molecular complexity index is 1160. The lowest BCUT2D eigenvalue weighted by Crippen LogP contribution is -2.23. The van der Waals surface area contributed by atoms with Gasteiger partial charge in [0.1, 0.15) is 16.8 Å².